The maximum Gasteiger partial charge on any atom is 0.308 e. The lowest BCUT2D eigenvalue weighted by molar-refractivity contribution is -0.146. The van der Waals surface area contributed by atoms with Crippen LogP contribution in [0.4, 0.5) is 0 Å². The SMILES string of the molecule is CCCCCC=CCC=CCCCCCCC(CCCCCC=CCC=CCCCCCCCC(=O)OC)C(=O)OC. The topological polar surface area (TPSA) is 52.6 Å². The van der Waals surface area contributed by atoms with Crippen molar-refractivity contribution in [1.29, 1.82) is 0 Å². The molecule has 0 spiro atoms. The van der Waals surface area contributed by atoms with Gasteiger partial charge in [-0.3, -0.25) is 9.59 Å². The number of hydrogen-bond donors (Lipinski definition) is 0. The Balaban J connectivity index is 3.70. The molecule has 0 aliphatic heterocycles. The first-order valence-electron chi connectivity index (χ1n) is 17.4. The van der Waals surface area contributed by atoms with Gasteiger partial charge in [-0.15, -0.1) is 0 Å². The molecule has 0 heterocycles. The normalized spacial score (nSPS) is 12.7. The summed E-state index contributed by atoms with van der Waals surface area (Å²) in [6.45, 7) is 2.25. The smallest absolute Gasteiger partial charge is 0.308 e. The Hall–Kier alpha value is -2.10. The summed E-state index contributed by atoms with van der Waals surface area (Å²) in [4.78, 5) is 23.3. The summed E-state index contributed by atoms with van der Waals surface area (Å²) in [5.41, 5.74) is 0. The van der Waals surface area contributed by atoms with E-state index in [2.05, 4.69) is 60.3 Å². The molecule has 0 saturated carbocycles. The Morgan fingerprint density at radius 3 is 1.36 bits per heavy atom. The molecule has 0 aromatic heterocycles. The van der Waals surface area contributed by atoms with Crippen molar-refractivity contribution >= 4 is 11.9 Å². The molecule has 0 aromatic carbocycles. The molecule has 42 heavy (non-hydrogen) atoms. The van der Waals surface area contributed by atoms with E-state index in [1.165, 1.54) is 91.3 Å². The minimum Gasteiger partial charge on any atom is -0.469 e. The summed E-state index contributed by atoms with van der Waals surface area (Å²) in [5, 5.41) is 0. The lowest BCUT2D eigenvalue weighted by Crippen LogP contribution is -2.16. The van der Waals surface area contributed by atoms with Crippen molar-refractivity contribution in [2.45, 2.75) is 161 Å². The van der Waals surface area contributed by atoms with Gasteiger partial charge in [0.1, 0.15) is 0 Å². The van der Waals surface area contributed by atoms with Gasteiger partial charge in [-0.25, -0.2) is 0 Å². The van der Waals surface area contributed by atoms with Crippen LogP contribution in [-0.2, 0) is 19.1 Å². The van der Waals surface area contributed by atoms with E-state index in [1.54, 1.807) is 0 Å². The highest BCUT2D eigenvalue weighted by molar-refractivity contribution is 5.72. The molecule has 0 aromatic rings. The number of rotatable bonds is 30. The monoisotopic (exact) mass is 586 g/mol. The molecular weight excluding hydrogens is 520 g/mol. The Bertz CT molecular complexity index is 719. The molecule has 0 N–H and O–H groups in total. The largest absolute Gasteiger partial charge is 0.469 e. The van der Waals surface area contributed by atoms with Crippen molar-refractivity contribution < 1.29 is 19.1 Å². The molecule has 0 aliphatic carbocycles. The van der Waals surface area contributed by atoms with Crippen molar-refractivity contribution in [2.75, 3.05) is 14.2 Å². The van der Waals surface area contributed by atoms with Gasteiger partial charge in [0, 0.05) is 6.42 Å². The second-order valence-corrected chi connectivity index (χ2v) is 11.6. The molecule has 4 heteroatoms. The molecule has 0 bridgehead atoms. The number of ether oxygens (including phenoxy) is 2. The van der Waals surface area contributed by atoms with Crippen LogP contribution in [0.15, 0.2) is 48.6 Å². The zero-order chi connectivity index (χ0) is 30.8. The maximum absolute atomic E-state index is 12.2. The molecule has 1 unspecified atom stereocenters. The van der Waals surface area contributed by atoms with E-state index in [4.69, 9.17) is 4.74 Å². The number of methoxy groups -OCH3 is 2. The van der Waals surface area contributed by atoms with Gasteiger partial charge in [-0.2, -0.15) is 0 Å². The summed E-state index contributed by atoms with van der Waals surface area (Å²) < 4.78 is 9.75. The fourth-order valence-electron chi connectivity index (χ4n) is 5.07. The van der Waals surface area contributed by atoms with Gasteiger partial charge in [0.2, 0.25) is 0 Å². The predicted molar refractivity (Wildman–Crippen MR) is 181 cm³/mol. The minimum atomic E-state index is -0.0963. The lowest BCUT2D eigenvalue weighted by Gasteiger charge is -2.14. The van der Waals surface area contributed by atoms with E-state index in [-0.39, 0.29) is 17.9 Å². The third-order valence-corrected chi connectivity index (χ3v) is 7.80. The molecular formula is C38H66O4. The van der Waals surface area contributed by atoms with Crippen LogP contribution in [0.25, 0.3) is 0 Å². The summed E-state index contributed by atoms with van der Waals surface area (Å²) in [7, 11) is 2.98. The number of unbranched alkanes of at least 4 members (excludes halogenated alkanes) is 15. The van der Waals surface area contributed by atoms with Crippen LogP contribution < -0.4 is 0 Å². The van der Waals surface area contributed by atoms with Gasteiger partial charge < -0.3 is 9.47 Å². The van der Waals surface area contributed by atoms with Crippen LogP contribution in [-0.4, -0.2) is 26.2 Å². The Morgan fingerprint density at radius 2 is 0.905 bits per heavy atom. The van der Waals surface area contributed by atoms with Gasteiger partial charge >= 0.3 is 11.9 Å². The highest BCUT2D eigenvalue weighted by Gasteiger charge is 2.17. The van der Waals surface area contributed by atoms with E-state index < -0.39 is 0 Å². The molecule has 4 nitrogen and oxygen atoms in total. The van der Waals surface area contributed by atoms with Crippen LogP contribution >= 0.6 is 0 Å². The number of allylic oxidation sites excluding steroid dienone is 8. The Morgan fingerprint density at radius 1 is 0.500 bits per heavy atom. The average molecular weight is 587 g/mol. The summed E-state index contributed by atoms with van der Waals surface area (Å²) in [6.07, 6.45) is 45.4. The fraction of sp³-hybridized carbons (Fsp3) is 0.737. The number of carbonyl (C=O) groups is 2. The van der Waals surface area contributed by atoms with E-state index in [0.29, 0.717) is 6.42 Å². The van der Waals surface area contributed by atoms with E-state index in [1.807, 2.05) is 0 Å². The fourth-order valence-corrected chi connectivity index (χ4v) is 5.07. The van der Waals surface area contributed by atoms with Crippen molar-refractivity contribution in [3.8, 4) is 0 Å². The molecule has 0 rings (SSSR count). The molecule has 0 aliphatic rings. The lowest BCUT2D eigenvalue weighted by atomic mass is 9.94. The van der Waals surface area contributed by atoms with Gasteiger partial charge in [-0.05, 0) is 83.5 Å². The highest BCUT2D eigenvalue weighted by Crippen LogP contribution is 2.20. The quantitative estimate of drug-likeness (QED) is 0.0477. The van der Waals surface area contributed by atoms with E-state index in [9.17, 15) is 9.59 Å². The second-order valence-electron chi connectivity index (χ2n) is 11.6. The number of esters is 2. The van der Waals surface area contributed by atoms with E-state index >= 15 is 0 Å². The van der Waals surface area contributed by atoms with Gasteiger partial charge in [0.15, 0.2) is 0 Å². The van der Waals surface area contributed by atoms with Crippen molar-refractivity contribution in [1.82, 2.24) is 0 Å². The first-order valence-corrected chi connectivity index (χ1v) is 17.4. The average Bonchev–Trinajstić information content (AvgIpc) is 3.00. The van der Waals surface area contributed by atoms with Crippen LogP contribution in [0.1, 0.15) is 161 Å². The first-order chi connectivity index (χ1) is 20.7. The third-order valence-electron chi connectivity index (χ3n) is 7.80. The van der Waals surface area contributed by atoms with Crippen molar-refractivity contribution in [3.63, 3.8) is 0 Å². The number of hydrogen-bond acceptors (Lipinski definition) is 4. The molecule has 0 fully saturated rings. The minimum absolute atomic E-state index is 0.0223. The van der Waals surface area contributed by atoms with Crippen LogP contribution in [0.5, 0.6) is 0 Å². The molecule has 242 valence electrons. The van der Waals surface area contributed by atoms with Crippen molar-refractivity contribution in [3.05, 3.63) is 48.6 Å². The Kier molecular flexibility index (Phi) is 31.7. The van der Waals surface area contributed by atoms with E-state index in [0.717, 1.165) is 70.6 Å². The van der Waals surface area contributed by atoms with Gasteiger partial charge in [0.05, 0.1) is 20.1 Å². The predicted octanol–water partition coefficient (Wildman–Crippen LogP) is 11.6. The zero-order valence-electron chi connectivity index (χ0n) is 27.8. The highest BCUT2D eigenvalue weighted by atomic mass is 16.5. The summed E-state index contributed by atoms with van der Waals surface area (Å²) in [6, 6.07) is 0. The molecule has 0 saturated heterocycles. The molecule has 1 atom stereocenters. The standard InChI is InChI=1S/C38H66O4/c1-4-5-6-7-8-9-10-11-15-18-21-24-27-30-33-36(38(40)42-3)34-31-28-25-22-19-16-13-12-14-17-20-23-26-29-32-35-37(39)41-2/h8-9,11-12,14-16,19,36H,4-7,10,13,17-18,20-35H2,1-3H3. The van der Waals surface area contributed by atoms with Crippen LogP contribution in [0, 0.1) is 5.92 Å². The van der Waals surface area contributed by atoms with Crippen LogP contribution in [0.3, 0.4) is 0 Å². The molecule has 0 radical (unpaired) electrons. The third kappa shape index (κ3) is 29.4. The van der Waals surface area contributed by atoms with Crippen LogP contribution in [0.2, 0.25) is 0 Å². The molecule has 0 amide bonds. The maximum atomic E-state index is 12.2. The summed E-state index contributed by atoms with van der Waals surface area (Å²) >= 11 is 0. The second kappa shape index (κ2) is 33.4. The number of carbonyl (C=O) groups excluding carboxylic acids is 2. The zero-order valence-corrected chi connectivity index (χ0v) is 27.8. The van der Waals surface area contributed by atoms with Crippen molar-refractivity contribution in [2.24, 2.45) is 5.92 Å². The summed E-state index contributed by atoms with van der Waals surface area (Å²) in [5.74, 6) is -0.0496. The first kappa shape index (κ1) is 39.9. The van der Waals surface area contributed by atoms with Gasteiger partial charge in [-0.1, -0.05) is 120 Å². The Labute approximate surface area is 260 Å². The van der Waals surface area contributed by atoms with Gasteiger partial charge in [0.25, 0.3) is 0 Å².